The normalized spacial score (nSPS) is 10.6. The van der Waals surface area contributed by atoms with Crippen LogP contribution in [0.3, 0.4) is 0 Å². The molecule has 2 amide bonds. The minimum absolute atomic E-state index is 0.0651. The van der Waals surface area contributed by atoms with Crippen molar-refractivity contribution in [3.05, 3.63) is 29.6 Å². The number of hydrogen-bond acceptors (Lipinski definition) is 3. The van der Waals surface area contributed by atoms with Crippen LogP contribution in [0.25, 0.3) is 0 Å². The number of amides is 2. The summed E-state index contributed by atoms with van der Waals surface area (Å²) in [5.41, 5.74) is -0.609. The zero-order valence-corrected chi connectivity index (χ0v) is 12.2. The topological polar surface area (TPSA) is 67.4 Å². The van der Waals surface area contributed by atoms with Crippen molar-refractivity contribution >= 4 is 17.5 Å². The zero-order valence-electron chi connectivity index (χ0n) is 12.2. The van der Waals surface area contributed by atoms with Gasteiger partial charge in [0.2, 0.25) is 0 Å². The average Bonchev–Trinajstić information content (AvgIpc) is 2.46. The number of carbonyl (C=O) groups is 2. The number of halogens is 3. The number of anilines is 1. The predicted octanol–water partition coefficient (Wildman–Crippen LogP) is 1.97. The van der Waals surface area contributed by atoms with E-state index in [4.69, 9.17) is 4.74 Å². The van der Waals surface area contributed by atoms with Crippen molar-refractivity contribution < 1.29 is 27.5 Å². The average molecular weight is 318 g/mol. The third kappa shape index (κ3) is 5.36. The Morgan fingerprint density at radius 1 is 1.14 bits per heavy atom. The van der Waals surface area contributed by atoms with Crippen LogP contribution >= 0.6 is 0 Å². The van der Waals surface area contributed by atoms with Gasteiger partial charge in [-0.3, -0.25) is 9.59 Å². The fourth-order valence-corrected chi connectivity index (χ4v) is 1.47. The molecule has 5 nitrogen and oxygen atoms in total. The first-order valence-corrected chi connectivity index (χ1v) is 6.67. The number of nitrogens with one attached hydrogen (secondary N) is 2. The third-order valence-corrected chi connectivity index (χ3v) is 2.55. The second kappa shape index (κ2) is 8.38. The minimum Gasteiger partial charge on any atom is -0.379 e. The molecule has 22 heavy (non-hydrogen) atoms. The van der Waals surface area contributed by atoms with Gasteiger partial charge in [-0.2, -0.15) is 0 Å². The van der Waals surface area contributed by atoms with Gasteiger partial charge in [-0.15, -0.1) is 0 Å². The van der Waals surface area contributed by atoms with E-state index in [1.54, 1.807) is 0 Å². The molecule has 0 aromatic heterocycles. The van der Waals surface area contributed by atoms with E-state index in [0.29, 0.717) is 19.1 Å². The van der Waals surface area contributed by atoms with Crippen LogP contribution in [0.15, 0.2) is 12.1 Å². The lowest BCUT2D eigenvalue weighted by molar-refractivity contribution is -0.136. The van der Waals surface area contributed by atoms with Crippen LogP contribution in [0.2, 0.25) is 0 Å². The molecule has 0 atom stereocenters. The zero-order chi connectivity index (χ0) is 16.7. The van der Waals surface area contributed by atoms with Crippen LogP contribution in [0.1, 0.15) is 20.3 Å². The molecule has 0 unspecified atom stereocenters. The monoisotopic (exact) mass is 318 g/mol. The second-order valence-electron chi connectivity index (χ2n) is 4.71. The van der Waals surface area contributed by atoms with Gasteiger partial charge in [0, 0.05) is 13.2 Å². The molecule has 0 saturated carbocycles. The number of hydrogen-bond donors (Lipinski definition) is 2. The Bertz CT molecular complexity index is 550. The number of rotatable bonds is 6. The van der Waals surface area contributed by atoms with Crippen molar-refractivity contribution in [1.82, 2.24) is 5.32 Å². The Balaban J connectivity index is 2.45. The van der Waals surface area contributed by atoms with Gasteiger partial charge >= 0.3 is 11.8 Å². The lowest BCUT2D eigenvalue weighted by atomic mass is 10.2. The largest absolute Gasteiger partial charge is 0.379 e. The molecule has 1 rings (SSSR count). The van der Waals surface area contributed by atoms with E-state index in [9.17, 15) is 22.8 Å². The fraction of sp³-hybridized carbons (Fsp3) is 0.429. The Hall–Kier alpha value is -2.09. The maximum Gasteiger partial charge on any atom is 0.313 e. The summed E-state index contributed by atoms with van der Waals surface area (Å²) < 4.78 is 44.3. The highest BCUT2D eigenvalue weighted by Gasteiger charge is 2.18. The maximum absolute atomic E-state index is 13.3. The van der Waals surface area contributed by atoms with Gasteiger partial charge in [0.05, 0.1) is 11.8 Å². The Morgan fingerprint density at radius 2 is 1.82 bits per heavy atom. The summed E-state index contributed by atoms with van der Waals surface area (Å²) in [6.07, 6.45) is 0.562. The molecule has 122 valence electrons. The number of benzene rings is 1. The Labute approximate surface area is 125 Å². The molecule has 0 spiro atoms. The highest BCUT2D eigenvalue weighted by molar-refractivity contribution is 6.39. The molecule has 0 radical (unpaired) electrons. The SMILES string of the molecule is CC(C)OCCCNC(=O)C(=O)Nc1ccc(F)c(F)c1F. The van der Waals surface area contributed by atoms with Gasteiger partial charge in [0.15, 0.2) is 17.5 Å². The van der Waals surface area contributed by atoms with E-state index >= 15 is 0 Å². The van der Waals surface area contributed by atoms with E-state index in [0.717, 1.165) is 6.07 Å². The van der Waals surface area contributed by atoms with Gasteiger partial charge in [0.1, 0.15) is 0 Å². The summed E-state index contributed by atoms with van der Waals surface area (Å²) in [4.78, 5) is 22.9. The number of ether oxygens (including phenoxy) is 1. The molecular weight excluding hydrogens is 301 g/mol. The molecule has 0 heterocycles. The predicted molar refractivity (Wildman–Crippen MR) is 73.7 cm³/mol. The first kappa shape index (κ1) is 18.0. The van der Waals surface area contributed by atoms with E-state index in [1.807, 2.05) is 19.2 Å². The Kier molecular flexibility index (Phi) is 6.84. The number of carbonyl (C=O) groups excluding carboxylic acids is 2. The van der Waals surface area contributed by atoms with Crippen LogP contribution in [0.4, 0.5) is 18.9 Å². The molecule has 0 aliphatic carbocycles. The third-order valence-electron chi connectivity index (χ3n) is 2.55. The van der Waals surface area contributed by atoms with Crippen LogP contribution < -0.4 is 10.6 Å². The molecule has 1 aromatic carbocycles. The van der Waals surface area contributed by atoms with Gasteiger partial charge in [-0.25, -0.2) is 13.2 Å². The van der Waals surface area contributed by atoms with Crippen molar-refractivity contribution in [3.8, 4) is 0 Å². The van der Waals surface area contributed by atoms with Gasteiger partial charge < -0.3 is 15.4 Å². The van der Waals surface area contributed by atoms with Crippen LogP contribution in [0, 0.1) is 17.5 Å². The van der Waals surface area contributed by atoms with Gasteiger partial charge in [-0.05, 0) is 32.4 Å². The summed E-state index contributed by atoms with van der Waals surface area (Å²) in [7, 11) is 0. The van der Waals surface area contributed by atoms with Gasteiger partial charge in [-0.1, -0.05) is 0 Å². The fourth-order valence-electron chi connectivity index (χ4n) is 1.47. The smallest absolute Gasteiger partial charge is 0.313 e. The summed E-state index contributed by atoms with van der Waals surface area (Å²) in [6, 6.07) is 1.48. The maximum atomic E-state index is 13.3. The molecule has 0 aliphatic heterocycles. The van der Waals surface area contributed by atoms with Crippen molar-refractivity contribution in [2.24, 2.45) is 0 Å². The van der Waals surface area contributed by atoms with E-state index < -0.39 is 35.0 Å². The van der Waals surface area contributed by atoms with Crippen molar-refractivity contribution in [2.45, 2.75) is 26.4 Å². The van der Waals surface area contributed by atoms with Crippen molar-refractivity contribution in [3.63, 3.8) is 0 Å². The van der Waals surface area contributed by atoms with Crippen molar-refractivity contribution in [2.75, 3.05) is 18.5 Å². The summed E-state index contributed by atoms with van der Waals surface area (Å²) in [6.45, 7) is 4.33. The van der Waals surface area contributed by atoms with Crippen LogP contribution in [-0.4, -0.2) is 31.1 Å². The summed E-state index contributed by atoms with van der Waals surface area (Å²) >= 11 is 0. The molecule has 0 aliphatic rings. The van der Waals surface area contributed by atoms with Gasteiger partial charge in [0.25, 0.3) is 0 Å². The molecule has 2 N–H and O–H groups in total. The van der Waals surface area contributed by atoms with Crippen LogP contribution in [0.5, 0.6) is 0 Å². The first-order chi connectivity index (χ1) is 10.3. The Morgan fingerprint density at radius 3 is 2.45 bits per heavy atom. The first-order valence-electron chi connectivity index (χ1n) is 6.67. The molecule has 1 aromatic rings. The lowest BCUT2D eigenvalue weighted by Gasteiger charge is -2.09. The quantitative estimate of drug-likeness (QED) is 0.479. The van der Waals surface area contributed by atoms with E-state index in [2.05, 4.69) is 5.32 Å². The molecule has 0 saturated heterocycles. The van der Waals surface area contributed by atoms with E-state index in [1.165, 1.54) is 0 Å². The molecule has 0 bridgehead atoms. The van der Waals surface area contributed by atoms with E-state index in [-0.39, 0.29) is 12.6 Å². The summed E-state index contributed by atoms with van der Waals surface area (Å²) in [5.74, 6) is -6.84. The second-order valence-corrected chi connectivity index (χ2v) is 4.71. The lowest BCUT2D eigenvalue weighted by Crippen LogP contribution is -2.36. The highest BCUT2D eigenvalue weighted by Crippen LogP contribution is 2.19. The van der Waals surface area contributed by atoms with Crippen LogP contribution in [-0.2, 0) is 14.3 Å². The minimum atomic E-state index is -1.72. The standard InChI is InChI=1S/C14H17F3N2O3/c1-8(2)22-7-3-6-18-13(20)14(21)19-10-5-4-9(15)11(16)12(10)17/h4-5,8H,3,6-7H2,1-2H3,(H,18,20)(H,19,21). The molecular formula is C14H17F3N2O3. The molecule has 8 heteroatoms. The molecule has 0 fully saturated rings. The summed E-state index contributed by atoms with van der Waals surface area (Å²) in [5, 5.41) is 4.17. The highest BCUT2D eigenvalue weighted by atomic mass is 19.2. The van der Waals surface area contributed by atoms with Crippen molar-refractivity contribution in [1.29, 1.82) is 0 Å².